The van der Waals surface area contributed by atoms with Gasteiger partial charge < -0.3 is 61.1 Å². The van der Waals surface area contributed by atoms with Gasteiger partial charge in [-0.1, -0.05) is 38.1 Å². The van der Waals surface area contributed by atoms with Crippen molar-refractivity contribution in [3.63, 3.8) is 0 Å². The maximum absolute atomic E-state index is 15.8. The number of hydrogen-bond acceptors (Lipinski definition) is 18. The molecule has 2 aromatic carbocycles. The lowest BCUT2D eigenvalue weighted by Crippen LogP contribution is -2.53. The number of aliphatic hydroxyl groups is 1. The van der Waals surface area contributed by atoms with Crippen LogP contribution in [-0.2, 0) is 95.6 Å². The molecule has 6 heterocycles. The zero-order valence-corrected chi connectivity index (χ0v) is 50.1. The van der Waals surface area contributed by atoms with Gasteiger partial charge in [0.15, 0.2) is 5.60 Å². The number of esters is 1. The van der Waals surface area contributed by atoms with Crippen LogP contribution < -0.4 is 37.5 Å². The first-order valence-electron chi connectivity index (χ1n) is 28.9. The summed E-state index contributed by atoms with van der Waals surface area (Å²) in [5.74, 6) is -8.64. The van der Waals surface area contributed by atoms with Crippen LogP contribution in [0.25, 0.3) is 22.3 Å². The number of alkyl carbamates (subject to hydrolysis) is 1. The first kappa shape index (κ1) is 64.2. The molecule has 2 unspecified atom stereocenters. The number of benzene rings is 2. The number of carbonyl (C=O) groups excluding carboxylic acids is 10. The second kappa shape index (κ2) is 26.2. The van der Waals surface area contributed by atoms with Crippen molar-refractivity contribution in [1.82, 2.24) is 60.9 Å². The molecule has 90 heavy (non-hydrogen) atoms. The van der Waals surface area contributed by atoms with Crippen LogP contribution in [0, 0.1) is 18.7 Å². The molecule has 1 aliphatic carbocycles. The van der Waals surface area contributed by atoms with Crippen LogP contribution in [0.5, 0.6) is 0 Å². The van der Waals surface area contributed by atoms with Gasteiger partial charge in [-0.2, -0.15) is 0 Å². The molecule has 0 saturated carbocycles. The predicted octanol–water partition coefficient (Wildman–Crippen LogP) is 0.879. The molecule has 474 valence electrons. The molecule has 9 amide bonds. The number of amides is 9. The van der Waals surface area contributed by atoms with E-state index >= 15 is 4.39 Å². The number of anilines is 1. The number of nitrogens with zero attached hydrogens (tertiary/aromatic N) is 7. The number of fused-ring (bicyclic) bond motifs is 5. The molecule has 8 N–H and O–H groups in total. The topological polar surface area (TPSA) is 391 Å². The number of likely N-dealkylation sites (N-methyl/N-ethyl adjacent to an activating group) is 1. The van der Waals surface area contributed by atoms with E-state index in [2.05, 4.69) is 42.2 Å². The van der Waals surface area contributed by atoms with Crippen LogP contribution in [0.1, 0.15) is 111 Å². The van der Waals surface area contributed by atoms with Gasteiger partial charge in [-0.25, -0.2) is 19.0 Å². The predicted molar refractivity (Wildman–Crippen MR) is 312 cm³/mol. The third-order valence-electron chi connectivity index (χ3n) is 16.2. The van der Waals surface area contributed by atoms with Crippen molar-refractivity contribution >= 4 is 81.9 Å². The number of aryl methyl sites for hydroxylation is 2. The van der Waals surface area contributed by atoms with E-state index in [9.17, 15) is 67.7 Å². The highest BCUT2D eigenvalue weighted by atomic mass is 19.1. The van der Waals surface area contributed by atoms with Gasteiger partial charge in [0.1, 0.15) is 49.7 Å². The third kappa shape index (κ3) is 13.4. The Balaban J connectivity index is 0.972. The summed E-state index contributed by atoms with van der Waals surface area (Å²) in [7, 11) is 1.21. The summed E-state index contributed by atoms with van der Waals surface area (Å²) in [5, 5.41) is 45.8. The van der Waals surface area contributed by atoms with Gasteiger partial charge in [-0.3, -0.25) is 57.5 Å². The largest absolute Gasteiger partial charge is 0.480 e. The minimum atomic E-state index is -2.12. The zero-order valence-electron chi connectivity index (χ0n) is 50.1. The molecule has 0 saturated heterocycles. The minimum Gasteiger partial charge on any atom is -0.480 e. The lowest BCUT2D eigenvalue weighted by molar-refractivity contribution is -0.172. The van der Waals surface area contributed by atoms with E-state index in [1.165, 1.54) is 60.6 Å². The quantitative estimate of drug-likeness (QED) is 0.0326. The zero-order chi connectivity index (χ0) is 65.2. The lowest BCUT2D eigenvalue weighted by Gasteiger charge is -2.31. The van der Waals surface area contributed by atoms with Crippen molar-refractivity contribution in [3.05, 3.63) is 116 Å². The number of carboxylic acids is 1. The van der Waals surface area contributed by atoms with Gasteiger partial charge in [-0.05, 0) is 85.9 Å². The molecule has 6 atom stereocenters. The Hall–Kier alpha value is -10.3. The lowest BCUT2D eigenvalue weighted by atomic mass is 9.81. The Labute approximate surface area is 512 Å². The molecular weight excluding hydrogens is 1180 g/mol. The van der Waals surface area contributed by atoms with E-state index in [1.54, 1.807) is 39.8 Å². The highest BCUT2D eigenvalue weighted by Gasteiger charge is 2.46. The van der Waals surface area contributed by atoms with Crippen LogP contribution in [0.15, 0.2) is 59.5 Å². The van der Waals surface area contributed by atoms with E-state index in [-0.39, 0.29) is 90.7 Å². The van der Waals surface area contributed by atoms with E-state index in [1.807, 2.05) is 0 Å². The SMILES string of the molecule is CCC1(O)C(=O)OCc2c1cc1n(c2=O)Cc2c-1nc1cc(F)c(C)c3c1c2[C@@H](NC(=O)OC(Cc1cn(CC[C@H](NC(=O)CNC(=O)CN2C(=O)C=CC2=O)C(=O)N(C)CC(=O)O)nn1)c1ccc(NC(=O)[C@H](C)NC(=O)[C@@H](NC(C)=O)C(C)C)cc1)CC3. The number of aliphatic carboxylic acids is 1. The van der Waals surface area contributed by atoms with E-state index < -0.39 is 132 Å². The minimum absolute atomic E-state index is 0.0393. The van der Waals surface area contributed by atoms with E-state index in [0.717, 1.165) is 17.1 Å². The van der Waals surface area contributed by atoms with Gasteiger partial charge in [0.25, 0.3) is 17.4 Å². The summed E-state index contributed by atoms with van der Waals surface area (Å²) >= 11 is 0. The highest BCUT2D eigenvalue weighted by molar-refractivity contribution is 6.14. The van der Waals surface area contributed by atoms with Crippen molar-refractivity contribution < 1.29 is 76.8 Å². The Bertz CT molecular complexity index is 3900. The van der Waals surface area contributed by atoms with E-state index in [0.29, 0.717) is 44.5 Å². The van der Waals surface area contributed by atoms with Crippen molar-refractivity contribution in [2.75, 3.05) is 32.0 Å². The Morgan fingerprint density at radius 1 is 0.933 bits per heavy atom. The van der Waals surface area contributed by atoms with Gasteiger partial charge >= 0.3 is 18.0 Å². The number of ether oxygens (including phenoxy) is 2. The summed E-state index contributed by atoms with van der Waals surface area (Å²) in [6.07, 6.45) is 1.43. The molecule has 0 spiro atoms. The standard InChI is InChI=1S/C60H66FN13O16/c1-8-60(88)38-20-43-53-36(24-73(43)56(84)37(38)27-89-58(60)86)51-40(14-13-35-29(4)39(61)21-42(67-53)50(35)51)68-59(87)90-44(32-9-11-33(12-10-32)65-54(82)30(5)63-55(83)52(28(2)3)64-31(6)75)19-34-23-72(70-69-34)18-17-41(57(85)71(7)26-49(80)81)66-45(76)22-62-46(77)25-74-47(78)15-16-48(74)79/h9-12,15-16,20-21,23,28,30,40-41,44,52,88H,8,13-14,17-19,22,24-27H2,1-7H3,(H,62,77)(H,63,83)(H,64,75)(H,65,82)(H,66,76)(H,68,87)(H,80,81)/t30-,40-,41-,44?,52-,60?/m0/s1. The second-order valence-corrected chi connectivity index (χ2v) is 22.8. The monoisotopic (exact) mass is 1240 g/mol. The number of carboxylic acid groups (broad SMARTS) is 1. The molecule has 3 aromatic heterocycles. The smallest absolute Gasteiger partial charge is 0.408 e. The number of halogens is 1. The molecule has 5 aromatic rings. The summed E-state index contributed by atoms with van der Waals surface area (Å²) < 4.78 is 30.1. The van der Waals surface area contributed by atoms with Crippen LogP contribution in [0.3, 0.4) is 0 Å². The average molecular weight is 1240 g/mol. The van der Waals surface area contributed by atoms with Crippen LogP contribution in [-0.4, -0.2) is 155 Å². The number of rotatable bonds is 23. The summed E-state index contributed by atoms with van der Waals surface area (Å²) in [5.41, 5.74) is 1.30. The van der Waals surface area contributed by atoms with Crippen LogP contribution >= 0.6 is 0 Å². The molecule has 0 fully saturated rings. The fourth-order valence-corrected chi connectivity index (χ4v) is 11.4. The normalized spacial score (nSPS) is 17.5. The van der Waals surface area contributed by atoms with Gasteiger partial charge in [0.05, 0.1) is 47.3 Å². The summed E-state index contributed by atoms with van der Waals surface area (Å²) in [4.78, 5) is 161. The third-order valence-corrected chi connectivity index (χ3v) is 16.2. The number of aromatic nitrogens is 5. The molecule has 9 rings (SSSR count). The van der Waals surface area contributed by atoms with Crippen LogP contribution in [0.4, 0.5) is 14.9 Å². The summed E-state index contributed by atoms with van der Waals surface area (Å²) in [6.45, 7) is 6.82. The van der Waals surface area contributed by atoms with Crippen molar-refractivity contribution in [2.45, 2.75) is 129 Å². The molecule has 29 nitrogen and oxygen atoms in total. The molecule has 0 bridgehead atoms. The molecular formula is C60H66FN13O16. The Kier molecular flexibility index (Phi) is 18.7. The molecule has 30 heteroatoms. The van der Waals surface area contributed by atoms with Gasteiger partial charge in [-0.15, -0.1) is 5.10 Å². The highest BCUT2D eigenvalue weighted by Crippen LogP contribution is 2.46. The summed E-state index contributed by atoms with van der Waals surface area (Å²) in [6, 6.07) is 4.86. The fraction of sp³-hybridized carbons (Fsp3) is 0.417. The molecule has 4 aliphatic rings. The maximum Gasteiger partial charge on any atom is 0.408 e. The van der Waals surface area contributed by atoms with Crippen LogP contribution in [0.2, 0.25) is 0 Å². The second-order valence-electron chi connectivity index (χ2n) is 22.8. The number of cyclic esters (lactones) is 1. The Morgan fingerprint density at radius 2 is 1.64 bits per heavy atom. The number of nitrogens with one attached hydrogen (secondary N) is 6. The first-order valence-corrected chi connectivity index (χ1v) is 28.9. The number of hydrogen-bond donors (Lipinski definition) is 8. The molecule has 0 radical (unpaired) electrons. The average Bonchev–Trinajstić information content (AvgIpc) is 1.46. The number of imide groups is 1. The van der Waals surface area contributed by atoms with E-state index in [4.69, 9.17) is 14.5 Å². The molecule has 3 aliphatic heterocycles. The first-order chi connectivity index (χ1) is 42.6. The Morgan fingerprint density at radius 3 is 2.31 bits per heavy atom. The van der Waals surface area contributed by atoms with Crippen molar-refractivity contribution in [1.29, 1.82) is 0 Å². The fourth-order valence-electron chi connectivity index (χ4n) is 11.4. The maximum atomic E-state index is 15.8. The van der Waals surface area contributed by atoms with Crippen molar-refractivity contribution in [2.24, 2.45) is 5.92 Å². The van der Waals surface area contributed by atoms with Crippen molar-refractivity contribution in [3.8, 4) is 11.4 Å². The number of carbonyl (C=O) groups is 11. The number of pyridine rings is 2. The van der Waals surface area contributed by atoms with Gasteiger partial charge in [0.2, 0.25) is 35.4 Å². The van der Waals surface area contributed by atoms with Gasteiger partial charge in [0, 0.05) is 73.6 Å².